The van der Waals surface area contributed by atoms with Crippen molar-refractivity contribution in [3.8, 4) is 11.3 Å². The molecule has 0 N–H and O–H groups in total. The molecular formula is C16H13BrO. The molecule has 0 bridgehead atoms. The summed E-state index contributed by atoms with van der Waals surface area (Å²) in [5.74, 6) is 0.906. The van der Waals surface area contributed by atoms with Crippen LogP contribution in [0.25, 0.3) is 22.3 Å². The fourth-order valence-electron chi connectivity index (χ4n) is 2.31. The van der Waals surface area contributed by atoms with Crippen LogP contribution in [0.15, 0.2) is 51.4 Å². The molecule has 0 atom stereocenters. The highest BCUT2D eigenvalue weighted by molar-refractivity contribution is 9.10. The lowest BCUT2D eigenvalue weighted by Crippen LogP contribution is -1.81. The van der Waals surface area contributed by atoms with Gasteiger partial charge < -0.3 is 4.42 Å². The number of furan rings is 1. The standard InChI is InChI=1S/C16H13BrO/c1-10-7-11(2)9-12(8-10)16-15(17)13-5-3-4-6-14(13)18-16/h3-9H,1-2H3. The zero-order valence-electron chi connectivity index (χ0n) is 10.3. The van der Waals surface area contributed by atoms with Gasteiger partial charge in [-0.25, -0.2) is 0 Å². The van der Waals surface area contributed by atoms with Crippen LogP contribution >= 0.6 is 15.9 Å². The first-order valence-corrected chi connectivity index (χ1v) is 6.70. The van der Waals surface area contributed by atoms with E-state index in [0.717, 1.165) is 26.8 Å². The first kappa shape index (κ1) is 11.5. The van der Waals surface area contributed by atoms with E-state index in [2.05, 4.69) is 54.0 Å². The van der Waals surface area contributed by atoms with Crippen molar-refractivity contribution in [2.24, 2.45) is 0 Å². The summed E-state index contributed by atoms with van der Waals surface area (Å²) < 4.78 is 6.98. The van der Waals surface area contributed by atoms with Gasteiger partial charge in [0, 0.05) is 10.9 Å². The van der Waals surface area contributed by atoms with Crippen molar-refractivity contribution in [1.29, 1.82) is 0 Å². The quantitative estimate of drug-likeness (QED) is 0.580. The van der Waals surface area contributed by atoms with Gasteiger partial charge in [0.1, 0.15) is 11.3 Å². The molecule has 90 valence electrons. The molecular weight excluding hydrogens is 288 g/mol. The number of benzene rings is 2. The number of aryl methyl sites for hydroxylation is 2. The molecule has 2 heteroatoms. The van der Waals surface area contributed by atoms with E-state index in [1.165, 1.54) is 11.1 Å². The average molecular weight is 301 g/mol. The van der Waals surface area contributed by atoms with Gasteiger partial charge in [0.2, 0.25) is 0 Å². The van der Waals surface area contributed by atoms with E-state index in [9.17, 15) is 0 Å². The van der Waals surface area contributed by atoms with Crippen molar-refractivity contribution in [3.05, 3.63) is 58.1 Å². The molecule has 3 rings (SSSR count). The van der Waals surface area contributed by atoms with Crippen LogP contribution in [0.2, 0.25) is 0 Å². The minimum Gasteiger partial charge on any atom is -0.455 e. The Morgan fingerprint density at radius 2 is 1.61 bits per heavy atom. The van der Waals surface area contributed by atoms with Gasteiger partial charge in [-0.05, 0) is 54.0 Å². The highest BCUT2D eigenvalue weighted by atomic mass is 79.9. The van der Waals surface area contributed by atoms with Crippen molar-refractivity contribution in [2.45, 2.75) is 13.8 Å². The van der Waals surface area contributed by atoms with Crippen molar-refractivity contribution in [3.63, 3.8) is 0 Å². The molecule has 0 spiro atoms. The maximum atomic E-state index is 5.95. The molecule has 0 amide bonds. The number of fused-ring (bicyclic) bond motifs is 1. The van der Waals surface area contributed by atoms with E-state index in [0.29, 0.717) is 0 Å². The molecule has 1 heterocycles. The molecule has 0 aliphatic rings. The number of hydrogen-bond acceptors (Lipinski definition) is 1. The molecule has 0 saturated heterocycles. The molecule has 3 aromatic rings. The molecule has 0 aliphatic carbocycles. The minimum absolute atomic E-state index is 0.906. The van der Waals surface area contributed by atoms with Crippen LogP contribution in [-0.4, -0.2) is 0 Å². The average Bonchev–Trinajstić information content (AvgIpc) is 2.66. The summed E-state index contributed by atoms with van der Waals surface area (Å²) >= 11 is 3.64. The first-order chi connectivity index (χ1) is 8.65. The van der Waals surface area contributed by atoms with Gasteiger partial charge in [-0.2, -0.15) is 0 Å². The van der Waals surface area contributed by atoms with Crippen LogP contribution in [0, 0.1) is 13.8 Å². The number of halogens is 1. The first-order valence-electron chi connectivity index (χ1n) is 5.91. The molecule has 0 aliphatic heterocycles. The molecule has 0 fully saturated rings. The highest BCUT2D eigenvalue weighted by Gasteiger charge is 2.13. The Balaban J connectivity index is 2.28. The monoisotopic (exact) mass is 300 g/mol. The number of hydrogen-bond donors (Lipinski definition) is 0. The predicted molar refractivity (Wildman–Crippen MR) is 78.8 cm³/mol. The Hall–Kier alpha value is -1.54. The van der Waals surface area contributed by atoms with E-state index >= 15 is 0 Å². The van der Waals surface area contributed by atoms with Crippen molar-refractivity contribution in [2.75, 3.05) is 0 Å². The fraction of sp³-hybridized carbons (Fsp3) is 0.125. The SMILES string of the molecule is Cc1cc(C)cc(-c2oc3ccccc3c2Br)c1. The summed E-state index contributed by atoms with van der Waals surface area (Å²) in [6.45, 7) is 4.21. The topological polar surface area (TPSA) is 13.1 Å². The van der Waals surface area contributed by atoms with Crippen LogP contribution < -0.4 is 0 Å². The smallest absolute Gasteiger partial charge is 0.149 e. The highest BCUT2D eigenvalue weighted by Crippen LogP contribution is 2.38. The summed E-state index contributed by atoms with van der Waals surface area (Å²) in [5.41, 5.74) is 4.53. The number of rotatable bonds is 1. The van der Waals surface area contributed by atoms with E-state index in [4.69, 9.17) is 4.42 Å². The number of para-hydroxylation sites is 1. The van der Waals surface area contributed by atoms with Gasteiger partial charge in [0.15, 0.2) is 0 Å². The third-order valence-electron chi connectivity index (χ3n) is 3.02. The van der Waals surface area contributed by atoms with E-state index < -0.39 is 0 Å². The Kier molecular flexibility index (Phi) is 2.75. The van der Waals surface area contributed by atoms with Crippen molar-refractivity contribution in [1.82, 2.24) is 0 Å². The maximum absolute atomic E-state index is 5.95. The largest absolute Gasteiger partial charge is 0.455 e. The summed E-state index contributed by atoms with van der Waals surface area (Å²) in [5, 5.41) is 1.12. The third-order valence-corrected chi connectivity index (χ3v) is 3.81. The van der Waals surface area contributed by atoms with Crippen LogP contribution in [0.5, 0.6) is 0 Å². The zero-order valence-corrected chi connectivity index (χ0v) is 11.9. The van der Waals surface area contributed by atoms with Gasteiger partial charge >= 0.3 is 0 Å². The molecule has 0 saturated carbocycles. The lowest BCUT2D eigenvalue weighted by Gasteiger charge is -2.02. The van der Waals surface area contributed by atoms with Crippen LogP contribution in [-0.2, 0) is 0 Å². The molecule has 1 nitrogen and oxygen atoms in total. The van der Waals surface area contributed by atoms with E-state index in [1.807, 2.05) is 18.2 Å². The van der Waals surface area contributed by atoms with Gasteiger partial charge in [-0.1, -0.05) is 29.3 Å². The van der Waals surface area contributed by atoms with Gasteiger partial charge in [-0.15, -0.1) is 0 Å². The third kappa shape index (κ3) is 1.87. The molecule has 1 aromatic heterocycles. The van der Waals surface area contributed by atoms with Gasteiger partial charge in [0.25, 0.3) is 0 Å². The van der Waals surface area contributed by atoms with E-state index in [-0.39, 0.29) is 0 Å². The minimum atomic E-state index is 0.906. The predicted octanol–water partition coefficient (Wildman–Crippen LogP) is 5.48. The lowest BCUT2D eigenvalue weighted by atomic mass is 10.1. The lowest BCUT2D eigenvalue weighted by molar-refractivity contribution is 0.629. The zero-order chi connectivity index (χ0) is 12.7. The maximum Gasteiger partial charge on any atom is 0.149 e. The van der Waals surface area contributed by atoms with E-state index in [1.54, 1.807) is 0 Å². The summed E-state index contributed by atoms with van der Waals surface area (Å²) in [6.07, 6.45) is 0. The Labute approximate surface area is 115 Å². The Bertz CT molecular complexity index is 705. The van der Waals surface area contributed by atoms with Crippen LogP contribution in [0.4, 0.5) is 0 Å². The van der Waals surface area contributed by atoms with Gasteiger partial charge in [0.05, 0.1) is 4.47 Å². The Morgan fingerprint density at radius 1 is 0.944 bits per heavy atom. The molecule has 2 aromatic carbocycles. The van der Waals surface area contributed by atoms with Crippen LogP contribution in [0.1, 0.15) is 11.1 Å². The fourth-order valence-corrected chi connectivity index (χ4v) is 2.94. The summed E-state index contributed by atoms with van der Waals surface area (Å²) in [6, 6.07) is 14.5. The normalized spacial score (nSPS) is 11.1. The van der Waals surface area contributed by atoms with Crippen molar-refractivity contribution >= 4 is 26.9 Å². The summed E-state index contributed by atoms with van der Waals surface area (Å²) in [7, 11) is 0. The molecule has 0 radical (unpaired) electrons. The molecule has 18 heavy (non-hydrogen) atoms. The Morgan fingerprint density at radius 3 is 2.28 bits per heavy atom. The second-order valence-corrected chi connectivity index (χ2v) is 5.41. The second kappa shape index (κ2) is 4.29. The van der Waals surface area contributed by atoms with Gasteiger partial charge in [-0.3, -0.25) is 0 Å². The summed E-state index contributed by atoms with van der Waals surface area (Å²) in [4.78, 5) is 0. The van der Waals surface area contributed by atoms with Crippen LogP contribution in [0.3, 0.4) is 0 Å². The van der Waals surface area contributed by atoms with Crippen molar-refractivity contribution < 1.29 is 4.42 Å². The second-order valence-electron chi connectivity index (χ2n) is 4.62. The molecule has 0 unspecified atom stereocenters.